The highest BCUT2D eigenvalue weighted by Crippen LogP contribution is 2.47. The smallest absolute Gasteiger partial charge is 0.247 e. The van der Waals surface area contributed by atoms with Crippen LogP contribution in [-0.4, -0.2) is 52.6 Å². The predicted octanol–water partition coefficient (Wildman–Crippen LogP) is 2.99. The fourth-order valence-corrected chi connectivity index (χ4v) is 4.26. The molecule has 0 aliphatic carbocycles. The molecule has 0 radical (unpaired) electrons. The average Bonchev–Trinajstić information content (AvgIpc) is 3.18. The maximum absolute atomic E-state index is 12.2. The minimum atomic E-state index is 0.127. The molecule has 1 aromatic heterocycles. The van der Waals surface area contributed by atoms with Crippen molar-refractivity contribution in [3.8, 4) is 11.5 Å². The summed E-state index contributed by atoms with van der Waals surface area (Å²) < 4.78 is 5.97. The molecule has 6 nitrogen and oxygen atoms in total. The second-order valence-corrected chi connectivity index (χ2v) is 8.29. The molecule has 1 aromatic carbocycles. The average molecular weight is 354 g/mol. The van der Waals surface area contributed by atoms with Crippen LogP contribution in [0.1, 0.15) is 38.6 Å². The summed E-state index contributed by atoms with van der Waals surface area (Å²) in [7, 11) is 2.10. The molecule has 6 heteroatoms. The number of aromatic nitrogens is 2. The van der Waals surface area contributed by atoms with Gasteiger partial charge in [0.2, 0.25) is 17.7 Å². The highest BCUT2D eigenvalue weighted by atomic mass is 16.4. The number of likely N-dealkylation sites (tertiary alicyclic amines) is 2. The molecule has 0 bridgehead atoms. The Bertz CT molecular complexity index is 780. The van der Waals surface area contributed by atoms with E-state index in [9.17, 15) is 4.79 Å². The Morgan fingerprint density at radius 2 is 1.96 bits per heavy atom. The number of carbonyl (C=O) groups is 1. The quantitative estimate of drug-likeness (QED) is 0.845. The highest BCUT2D eigenvalue weighted by molar-refractivity contribution is 5.77. The molecule has 26 heavy (non-hydrogen) atoms. The van der Waals surface area contributed by atoms with Gasteiger partial charge >= 0.3 is 0 Å². The van der Waals surface area contributed by atoms with E-state index in [1.165, 1.54) is 0 Å². The van der Waals surface area contributed by atoms with Gasteiger partial charge in [0, 0.05) is 37.0 Å². The molecule has 1 atom stereocenters. The molecule has 1 spiro atoms. The van der Waals surface area contributed by atoms with E-state index in [4.69, 9.17) is 4.42 Å². The summed E-state index contributed by atoms with van der Waals surface area (Å²) >= 11 is 0. The number of hydrogen-bond acceptors (Lipinski definition) is 5. The van der Waals surface area contributed by atoms with Gasteiger partial charge in [0.1, 0.15) is 0 Å². The predicted molar refractivity (Wildman–Crippen MR) is 98.2 cm³/mol. The van der Waals surface area contributed by atoms with Crippen LogP contribution in [0.15, 0.2) is 34.7 Å². The largest absolute Gasteiger partial charge is 0.419 e. The van der Waals surface area contributed by atoms with Crippen molar-refractivity contribution in [2.24, 2.45) is 11.3 Å². The van der Waals surface area contributed by atoms with E-state index in [0.29, 0.717) is 24.1 Å². The van der Waals surface area contributed by atoms with Gasteiger partial charge in [0.05, 0.1) is 6.04 Å². The van der Waals surface area contributed by atoms with Crippen LogP contribution in [0.5, 0.6) is 0 Å². The van der Waals surface area contributed by atoms with Crippen LogP contribution < -0.4 is 0 Å². The van der Waals surface area contributed by atoms with Gasteiger partial charge in [-0.2, -0.15) is 0 Å². The molecule has 2 aliphatic heterocycles. The van der Waals surface area contributed by atoms with Crippen molar-refractivity contribution >= 4 is 5.91 Å². The Kier molecular flexibility index (Phi) is 4.31. The molecule has 1 amide bonds. The van der Waals surface area contributed by atoms with Gasteiger partial charge in [-0.25, -0.2) is 0 Å². The van der Waals surface area contributed by atoms with Crippen LogP contribution in [0.2, 0.25) is 0 Å². The standard InChI is InChI=1S/C20H26N4O2/c1-14(2)9-17(25)24-12-20(13-24)10-16(23(3)11-20)19-22-21-18(26-19)15-7-5-4-6-8-15/h4-8,14,16H,9-13H2,1-3H3. The van der Waals surface area contributed by atoms with Crippen molar-refractivity contribution in [3.63, 3.8) is 0 Å². The maximum atomic E-state index is 12.2. The molecular weight excluding hydrogens is 328 g/mol. The number of rotatable bonds is 4. The van der Waals surface area contributed by atoms with E-state index in [1.54, 1.807) is 0 Å². The minimum absolute atomic E-state index is 0.127. The van der Waals surface area contributed by atoms with Crippen LogP contribution in [0.3, 0.4) is 0 Å². The van der Waals surface area contributed by atoms with Crippen LogP contribution in [-0.2, 0) is 4.79 Å². The Morgan fingerprint density at radius 3 is 2.65 bits per heavy atom. The van der Waals surface area contributed by atoms with E-state index >= 15 is 0 Å². The van der Waals surface area contributed by atoms with Gasteiger partial charge in [-0.1, -0.05) is 32.0 Å². The van der Waals surface area contributed by atoms with E-state index in [-0.39, 0.29) is 17.4 Å². The molecule has 2 saturated heterocycles. The lowest BCUT2D eigenvalue weighted by atomic mass is 9.77. The van der Waals surface area contributed by atoms with E-state index in [2.05, 4.69) is 36.0 Å². The number of carbonyl (C=O) groups excluding carboxylic acids is 1. The Labute approximate surface area is 154 Å². The second-order valence-electron chi connectivity index (χ2n) is 8.29. The monoisotopic (exact) mass is 354 g/mol. The lowest BCUT2D eigenvalue weighted by molar-refractivity contribution is -0.143. The minimum Gasteiger partial charge on any atom is -0.419 e. The molecule has 2 aromatic rings. The number of benzene rings is 1. The zero-order valence-corrected chi connectivity index (χ0v) is 15.7. The molecule has 2 fully saturated rings. The number of nitrogens with zero attached hydrogens (tertiary/aromatic N) is 4. The first kappa shape index (κ1) is 17.2. The van der Waals surface area contributed by atoms with E-state index < -0.39 is 0 Å². The third-order valence-corrected chi connectivity index (χ3v) is 5.48. The zero-order chi connectivity index (χ0) is 18.3. The molecule has 1 unspecified atom stereocenters. The van der Waals surface area contributed by atoms with Gasteiger partial charge < -0.3 is 9.32 Å². The van der Waals surface area contributed by atoms with Crippen LogP contribution in [0.25, 0.3) is 11.5 Å². The normalized spacial score (nSPS) is 22.2. The van der Waals surface area contributed by atoms with Gasteiger partial charge in [-0.3, -0.25) is 9.69 Å². The molecule has 138 valence electrons. The summed E-state index contributed by atoms with van der Waals surface area (Å²) in [4.78, 5) is 16.5. The summed E-state index contributed by atoms with van der Waals surface area (Å²) in [5, 5.41) is 8.53. The van der Waals surface area contributed by atoms with Gasteiger partial charge in [0.15, 0.2) is 0 Å². The summed E-state index contributed by atoms with van der Waals surface area (Å²) in [6.07, 6.45) is 1.60. The molecule has 0 N–H and O–H groups in total. The van der Waals surface area contributed by atoms with E-state index in [1.807, 2.05) is 35.2 Å². The SMILES string of the molecule is CC(C)CC(=O)N1CC2(CC(c3nnc(-c4ccccc4)o3)N(C)C2)C1. The summed E-state index contributed by atoms with van der Waals surface area (Å²) in [6.45, 7) is 6.84. The summed E-state index contributed by atoms with van der Waals surface area (Å²) in [5.74, 6) is 1.93. The Balaban J connectivity index is 1.43. The van der Waals surface area contributed by atoms with Crippen molar-refractivity contribution in [2.45, 2.75) is 32.7 Å². The van der Waals surface area contributed by atoms with Crippen molar-refractivity contribution in [1.82, 2.24) is 20.0 Å². The summed E-state index contributed by atoms with van der Waals surface area (Å²) in [6, 6.07) is 9.98. The van der Waals surface area contributed by atoms with Gasteiger partial charge in [0.25, 0.3) is 0 Å². The topological polar surface area (TPSA) is 62.5 Å². The van der Waals surface area contributed by atoms with Gasteiger partial charge in [-0.15, -0.1) is 10.2 Å². The fourth-order valence-electron chi connectivity index (χ4n) is 4.26. The Morgan fingerprint density at radius 1 is 1.23 bits per heavy atom. The zero-order valence-electron chi connectivity index (χ0n) is 15.7. The Hall–Kier alpha value is -2.21. The van der Waals surface area contributed by atoms with E-state index in [0.717, 1.165) is 31.6 Å². The lowest BCUT2D eigenvalue weighted by Crippen LogP contribution is -2.59. The molecule has 3 heterocycles. The number of amides is 1. The maximum Gasteiger partial charge on any atom is 0.247 e. The second kappa shape index (κ2) is 6.50. The molecule has 0 saturated carbocycles. The molecular formula is C20H26N4O2. The highest BCUT2D eigenvalue weighted by Gasteiger charge is 2.53. The van der Waals surface area contributed by atoms with Crippen LogP contribution in [0, 0.1) is 11.3 Å². The lowest BCUT2D eigenvalue weighted by Gasteiger charge is -2.48. The fraction of sp³-hybridized carbons (Fsp3) is 0.550. The third kappa shape index (κ3) is 3.14. The molecule has 4 rings (SSSR count). The van der Waals surface area contributed by atoms with Crippen molar-refractivity contribution in [3.05, 3.63) is 36.2 Å². The van der Waals surface area contributed by atoms with Crippen molar-refractivity contribution in [2.75, 3.05) is 26.7 Å². The van der Waals surface area contributed by atoms with Crippen molar-refractivity contribution in [1.29, 1.82) is 0 Å². The first-order chi connectivity index (χ1) is 12.5. The van der Waals surface area contributed by atoms with Gasteiger partial charge in [-0.05, 0) is 31.5 Å². The molecule has 2 aliphatic rings. The summed E-state index contributed by atoms with van der Waals surface area (Å²) in [5.41, 5.74) is 1.11. The van der Waals surface area contributed by atoms with Crippen LogP contribution in [0.4, 0.5) is 0 Å². The van der Waals surface area contributed by atoms with Crippen LogP contribution >= 0.6 is 0 Å². The third-order valence-electron chi connectivity index (χ3n) is 5.48. The first-order valence-corrected chi connectivity index (χ1v) is 9.33. The number of hydrogen-bond donors (Lipinski definition) is 0. The first-order valence-electron chi connectivity index (χ1n) is 9.33. The van der Waals surface area contributed by atoms with Crippen molar-refractivity contribution < 1.29 is 9.21 Å².